The lowest BCUT2D eigenvalue weighted by Crippen LogP contribution is -2.23. The first-order valence-electron chi connectivity index (χ1n) is 8.47. The molecule has 0 aliphatic heterocycles. The van der Waals surface area contributed by atoms with Crippen LogP contribution in [-0.4, -0.2) is 40.1 Å². The predicted octanol–water partition coefficient (Wildman–Crippen LogP) is 3.76. The summed E-state index contributed by atoms with van der Waals surface area (Å²) in [5.74, 6) is 0.689. The van der Waals surface area contributed by atoms with Gasteiger partial charge < -0.3 is 14.6 Å². The highest BCUT2D eigenvalue weighted by molar-refractivity contribution is 5.96. The number of aryl methyl sites for hydroxylation is 1. The molecule has 0 fully saturated rings. The molecule has 6 heteroatoms. The van der Waals surface area contributed by atoms with Gasteiger partial charge in [-0.25, -0.2) is 0 Å². The number of rotatable bonds is 6. The number of hydrogen-bond acceptors (Lipinski definition) is 6. The van der Waals surface area contributed by atoms with Crippen LogP contribution in [0.1, 0.15) is 26.0 Å². The third-order valence-corrected chi connectivity index (χ3v) is 4.63. The average molecular weight is 353 g/mol. The van der Waals surface area contributed by atoms with Gasteiger partial charge in [0.2, 0.25) is 0 Å². The summed E-state index contributed by atoms with van der Waals surface area (Å²) in [5.41, 5.74) is 1.87. The number of pyridine rings is 1. The highest BCUT2D eigenvalue weighted by Gasteiger charge is 2.19. The lowest BCUT2D eigenvalue weighted by Gasteiger charge is -2.22. The molecule has 1 aromatic carbocycles. The van der Waals surface area contributed by atoms with E-state index in [-0.39, 0.29) is 11.4 Å². The van der Waals surface area contributed by atoms with E-state index in [0.29, 0.717) is 17.0 Å². The van der Waals surface area contributed by atoms with Crippen molar-refractivity contribution in [2.24, 2.45) is 0 Å². The van der Waals surface area contributed by atoms with Crippen LogP contribution in [-0.2, 0) is 11.2 Å². The quantitative estimate of drug-likeness (QED) is 0.727. The highest BCUT2D eigenvalue weighted by Crippen LogP contribution is 2.35. The Morgan fingerprint density at radius 2 is 1.88 bits per heavy atom. The van der Waals surface area contributed by atoms with Gasteiger partial charge in [-0.2, -0.15) is 5.10 Å². The summed E-state index contributed by atoms with van der Waals surface area (Å²) in [5, 5.41) is 21.0. The first kappa shape index (κ1) is 18.1. The van der Waals surface area contributed by atoms with Crippen molar-refractivity contribution in [1.82, 2.24) is 15.2 Å². The molecular weight excluding hydrogens is 330 g/mol. The van der Waals surface area contributed by atoms with Gasteiger partial charge in [0.1, 0.15) is 17.2 Å². The Bertz CT molecular complexity index is 925. The standard InChI is InChI=1S/C20H23N3O3/c1-20(2,26-4)9-7-17-16-12-21-10-8-14(16)19(23-22-17)15-6-5-13(25-3)11-18(15)24/h5-6,8,10-12,24H,7,9H2,1-4H3. The fourth-order valence-corrected chi connectivity index (χ4v) is 2.79. The minimum absolute atomic E-state index is 0.102. The topological polar surface area (TPSA) is 77.4 Å². The van der Waals surface area contributed by atoms with Crippen LogP contribution >= 0.6 is 0 Å². The summed E-state index contributed by atoms with van der Waals surface area (Å²) < 4.78 is 10.6. The smallest absolute Gasteiger partial charge is 0.128 e. The predicted molar refractivity (Wildman–Crippen MR) is 100 cm³/mol. The number of benzene rings is 1. The number of nitrogens with zero attached hydrogens (tertiary/aromatic N) is 3. The molecule has 0 spiro atoms. The zero-order valence-electron chi connectivity index (χ0n) is 15.5. The third kappa shape index (κ3) is 3.60. The lowest BCUT2D eigenvalue weighted by atomic mass is 9.98. The van der Waals surface area contributed by atoms with Crippen molar-refractivity contribution in [2.45, 2.75) is 32.3 Å². The van der Waals surface area contributed by atoms with E-state index in [2.05, 4.69) is 15.2 Å². The zero-order valence-corrected chi connectivity index (χ0v) is 15.5. The van der Waals surface area contributed by atoms with Crippen molar-refractivity contribution in [2.75, 3.05) is 14.2 Å². The molecule has 3 rings (SSSR count). The van der Waals surface area contributed by atoms with Crippen molar-refractivity contribution in [3.8, 4) is 22.8 Å². The number of methoxy groups -OCH3 is 2. The first-order chi connectivity index (χ1) is 12.4. The highest BCUT2D eigenvalue weighted by atomic mass is 16.5. The molecule has 0 saturated carbocycles. The van der Waals surface area contributed by atoms with Crippen LogP contribution < -0.4 is 4.74 Å². The number of phenolic OH excluding ortho intramolecular Hbond substituents is 1. The molecule has 0 atom stereocenters. The van der Waals surface area contributed by atoms with Gasteiger partial charge in [0, 0.05) is 41.9 Å². The van der Waals surface area contributed by atoms with Gasteiger partial charge in [0.15, 0.2) is 0 Å². The van der Waals surface area contributed by atoms with E-state index >= 15 is 0 Å². The molecule has 0 radical (unpaired) electrons. The first-order valence-corrected chi connectivity index (χ1v) is 8.47. The van der Waals surface area contributed by atoms with Gasteiger partial charge in [0.05, 0.1) is 18.4 Å². The Morgan fingerprint density at radius 3 is 2.58 bits per heavy atom. The molecule has 136 valence electrons. The second kappa shape index (κ2) is 7.25. The summed E-state index contributed by atoms with van der Waals surface area (Å²) in [6.45, 7) is 4.09. The molecule has 2 aromatic heterocycles. The number of ether oxygens (including phenoxy) is 2. The molecule has 0 amide bonds. The normalized spacial score (nSPS) is 11.7. The second-order valence-corrected chi connectivity index (χ2v) is 6.76. The summed E-state index contributed by atoms with van der Waals surface area (Å²) in [6.07, 6.45) is 5.06. The van der Waals surface area contributed by atoms with E-state index in [0.717, 1.165) is 29.3 Å². The van der Waals surface area contributed by atoms with Gasteiger partial charge in [-0.3, -0.25) is 4.98 Å². The Kier molecular flexibility index (Phi) is 5.04. The maximum absolute atomic E-state index is 10.4. The lowest BCUT2D eigenvalue weighted by molar-refractivity contribution is 0.0156. The van der Waals surface area contributed by atoms with E-state index < -0.39 is 0 Å². The molecule has 6 nitrogen and oxygen atoms in total. The van der Waals surface area contributed by atoms with E-state index in [9.17, 15) is 5.11 Å². The number of aromatic nitrogens is 3. The minimum atomic E-state index is -0.233. The maximum atomic E-state index is 10.4. The summed E-state index contributed by atoms with van der Waals surface area (Å²) in [7, 11) is 3.27. The second-order valence-electron chi connectivity index (χ2n) is 6.76. The zero-order chi connectivity index (χ0) is 18.7. The number of fused-ring (bicyclic) bond motifs is 1. The van der Waals surface area contributed by atoms with Gasteiger partial charge in [-0.15, -0.1) is 5.10 Å². The fourth-order valence-electron chi connectivity index (χ4n) is 2.79. The van der Waals surface area contributed by atoms with Crippen molar-refractivity contribution >= 4 is 10.8 Å². The van der Waals surface area contributed by atoms with Crippen LogP contribution in [0.5, 0.6) is 11.5 Å². The van der Waals surface area contributed by atoms with Crippen molar-refractivity contribution in [1.29, 1.82) is 0 Å². The third-order valence-electron chi connectivity index (χ3n) is 4.63. The van der Waals surface area contributed by atoms with Crippen LogP contribution in [0.4, 0.5) is 0 Å². The molecular formula is C20H23N3O3. The molecule has 26 heavy (non-hydrogen) atoms. The Labute approximate surface area is 152 Å². The Morgan fingerprint density at radius 1 is 1.08 bits per heavy atom. The largest absolute Gasteiger partial charge is 0.507 e. The van der Waals surface area contributed by atoms with Crippen LogP contribution in [0.2, 0.25) is 0 Å². The summed E-state index contributed by atoms with van der Waals surface area (Å²) in [4.78, 5) is 4.24. The average Bonchev–Trinajstić information content (AvgIpc) is 2.66. The molecule has 0 bridgehead atoms. The molecule has 0 saturated heterocycles. The minimum Gasteiger partial charge on any atom is -0.507 e. The van der Waals surface area contributed by atoms with Crippen LogP contribution in [0.25, 0.3) is 22.0 Å². The fraction of sp³-hybridized carbons (Fsp3) is 0.350. The summed E-state index contributed by atoms with van der Waals surface area (Å²) >= 11 is 0. The van der Waals surface area contributed by atoms with Gasteiger partial charge >= 0.3 is 0 Å². The monoisotopic (exact) mass is 353 g/mol. The van der Waals surface area contributed by atoms with Crippen LogP contribution in [0.3, 0.4) is 0 Å². The molecule has 3 aromatic rings. The number of phenols is 1. The van der Waals surface area contributed by atoms with Gasteiger partial charge in [-0.1, -0.05) is 0 Å². The van der Waals surface area contributed by atoms with Crippen LogP contribution in [0.15, 0.2) is 36.7 Å². The van der Waals surface area contributed by atoms with Crippen molar-refractivity contribution in [3.05, 3.63) is 42.4 Å². The molecule has 0 aliphatic rings. The number of hydrogen-bond donors (Lipinski definition) is 1. The summed E-state index contributed by atoms with van der Waals surface area (Å²) in [6, 6.07) is 7.04. The Hall–Kier alpha value is -2.73. The maximum Gasteiger partial charge on any atom is 0.128 e. The number of aromatic hydroxyl groups is 1. The van der Waals surface area contributed by atoms with E-state index in [1.807, 2.05) is 19.9 Å². The van der Waals surface area contributed by atoms with Crippen molar-refractivity contribution < 1.29 is 14.6 Å². The van der Waals surface area contributed by atoms with Crippen LogP contribution in [0, 0.1) is 0 Å². The molecule has 2 heterocycles. The van der Waals surface area contributed by atoms with E-state index in [1.165, 1.54) is 0 Å². The molecule has 0 aliphatic carbocycles. The Balaban J connectivity index is 2.06. The van der Waals surface area contributed by atoms with Crippen molar-refractivity contribution in [3.63, 3.8) is 0 Å². The van der Waals surface area contributed by atoms with E-state index in [4.69, 9.17) is 9.47 Å². The van der Waals surface area contributed by atoms with Gasteiger partial charge in [-0.05, 0) is 44.9 Å². The van der Waals surface area contributed by atoms with E-state index in [1.54, 1.807) is 44.8 Å². The molecule has 1 N–H and O–H groups in total. The molecule has 0 unspecified atom stereocenters. The van der Waals surface area contributed by atoms with Gasteiger partial charge in [0.25, 0.3) is 0 Å². The SMILES string of the molecule is COc1ccc(-c2nnc(CCC(C)(C)OC)c3cnccc23)c(O)c1.